The lowest BCUT2D eigenvalue weighted by atomic mass is 10.0. The molecular formula is C19H21NO2. The molecule has 3 rings (SSSR count). The number of aliphatic hydroxyl groups excluding tert-OH is 1. The van der Waals surface area contributed by atoms with Gasteiger partial charge in [0.1, 0.15) is 0 Å². The third kappa shape index (κ3) is 2.53. The Kier molecular flexibility index (Phi) is 3.99. The lowest BCUT2D eigenvalue weighted by Gasteiger charge is -2.17. The van der Waals surface area contributed by atoms with E-state index in [4.69, 9.17) is 0 Å². The second-order valence-electron chi connectivity index (χ2n) is 5.91. The van der Waals surface area contributed by atoms with Gasteiger partial charge in [-0.2, -0.15) is 0 Å². The molecule has 0 bridgehead atoms. The maximum Gasteiger partial charge on any atom is 0.258 e. The Hall–Kier alpha value is -2.13. The Balaban J connectivity index is 1.87. The highest BCUT2D eigenvalue weighted by Gasteiger charge is 2.28. The number of amides is 1. The molecule has 1 aliphatic rings. The molecule has 1 heterocycles. The molecule has 3 nitrogen and oxygen atoms in total. The molecule has 2 aromatic carbocycles. The second kappa shape index (κ2) is 5.93. The fourth-order valence-electron chi connectivity index (χ4n) is 2.86. The quantitative estimate of drug-likeness (QED) is 0.937. The van der Waals surface area contributed by atoms with E-state index in [1.54, 1.807) is 0 Å². The van der Waals surface area contributed by atoms with Crippen molar-refractivity contribution in [2.45, 2.75) is 32.7 Å². The van der Waals surface area contributed by atoms with Gasteiger partial charge in [0.25, 0.3) is 5.91 Å². The van der Waals surface area contributed by atoms with Crippen LogP contribution in [-0.2, 0) is 13.0 Å². The molecule has 0 aromatic heterocycles. The minimum Gasteiger partial charge on any atom is -0.396 e. The zero-order valence-corrected chi connectivity index (χ0v) is 13.0. The third-order valence-corrected chi connectivity index (χ3v) is 4.43. The van der Waals surface area contributed by atoms with Crippen LogP contribution < -0.4 is 4.90 Å². The molecule has 0 radical (unpaired) electrons. The summed E-state index contributed by atoms with van der Waals surface area (Å²) in [6, 6.07) is 14.1. The molecule has 1 aliphatic heterocycles. The van der Waals surface area contributed by atoms with Gasteiger partial charge in [0.05, 0.1) is 6.54 Å². The molecule has 1 atom stereocenters. The Morgan fingerprint density at radius 2 is 1.91 bits per heavy atom. The number of aryl methyl sites for hydroxylation is 1. The molecule has 3 heteroatoms. The van der Waals surface area contributed by atoms with Crippen molar-refractivity contribution in [1.29, 1.82) is 0 Å². The summed E-state index contributed by atoms with van der Waals surface area (Å²) in [6.07, 6.45) is 0.939. The maximum absolute atomic E-state index is 12.6. The highest BCUT2D eigenvalue weighted by atomic mass is 16.3. The van der Waals surface area contributed by atoms with E-state index in [1.165, 1.54) is 5.56 Å². The summed E-state index contributed by atoms with van der Waals surface area (Å²) in [6.45, 7) is 4.85. The molecule has 22 heavy (non-hydrogen) atoms. The Morgan fingerprint density at radius 3 is 2.55 bits per heavy atom. The lowest BCUT2D eigenvalue weighted by Crippen LogP contribution is -2.22. The molecule has 2 aromatic rings. The van der Waals surface area contributed by atoms with E-state index >= 15 is 0 Å². The Labute approximate surface area is 131 Å². The van der Waals surface area contributed by atoms with Crippen LogP contribution in [-0.4, -0.2) is 17.6 Å². The molecule has 0 aliphatic carbocycles. The number of hydrogen-bond donors (Lipinski definition) is 1. The fraction of sp³-hybridized carbons (Fsp3) is 0.316. The number of aliphatic hydroxyl groups is 1. The summed E-state index contributed by atoms with van der Waals surface area (Å²) < 4.78 is 0. The van der Waals surface area contributed by atoms with E-state index < -0.39 is 0 Å². The Morgan fingerprint density at radius 1 is 1.18 bits per heavy atom. The van der Waals surface area contributed by atoms with Gasteiger partial charge in [-0.1, -0.05) is 38.1 Å². The number of hydrogen-bond acceptors (Lipinski definition) is 2. The number of rotatable bonds is 4. The molecule has 1 unspecified atom stereocenters. The van der Waals surface area contributed by atoms with Crippen LogP contribution in [0.2, 0.25) is 0 Å². The first kappa shape index (κ1) is 14.8. The summed E-state index contributed by atoms with van der Waals surface area (Å²) >= 11 is 0. The summed E-state index contributed by atoms with van der Waals surface area (Å²) in [5.41, 5.74) is 5.11. The summed E-state index contributed by atoms with van der Waals surface area (Å²) in [4.78, 5) is 14.4. The van der Waals surface area contributed by atoms with Gasteiger partial charge in [0.15, 0.2) is 0 Å². The SMILES string of the molecule is CCc1ccc2c(c1)C(=O)N(c1ccc(C(C)CO)cc1)C2. The second-order valence-corrected chi connectivity index (χ2v) is 5.91. The summed E-state index contributed by atoms with van der Waals surface area (Å²) in [7, 11) is 0. The highest BCUT2D eigenvalue weighted by Crippen LogP contribution is 2.30. The smallest absolute Gasteiger partial charge is 0.258 e. The van der Waals surface area contributed by atoms with Crippen molar-refractivity contribution < 1.29 is 9.90 Å². The van der Waals surface area contributed by atoms with E-state index in [0.717, 1.165) is 28.8 Å². The topological polar surface area (TPSA) is 40.5 Å². The standard InChI is InChI=1S/C19H21NO2/c1-3-14-4-5-16-11-20(19(22)18(16)10-14)17-8-6-15(7-9-17)13(2)12-21/h4-10,13,21H,3,11-12H2,1-2H3. The number of fused-ring (bicyclic) bond motifs is 1. The van der Waals surface area contributed by atoms with E-state index in [-0.39, 0.29) is 18.4 Å². The number of benzene rings is 2. The van der Waals surface area contributed by atoms with Crippen LogP contribution in [0.15, 0.2) is 42.5 Å². The predicted octanol–water partition coefficient (Wildman–Crippen LogP) is 3.51. The average Bonchev–Trinajstić information content (AvgIpc) is 2.90. The van der Waals surface area contributed by atoms with Gasteiger partial charge in [-0.3, -0.25) is 4.79 Å². The van der Waals surface area contributed by atoms with Crippen LogP contribution in [0.1, 0.15) is 46.8 Å². The minimum absolute atomic E-state index is 0.0771. The molecule has 0 spiro atoms. The van der Waals surface area contributed by atoms with Crippen molar-refractivity contribution in [1.82, 2.24) is 0 Å². The van der Waals surface area contributed by atoms with Crippen LogP contribution in [0.3, 0.4) is 0 Å². The van der Waals surface area contributed by atoms with Gasteiger partial charge in [0, 0.05) is 23.8 Å². The van der Waals surface area contributed by atoms with Crippen molar-refractivity contribution in [3.05, 3.63) is 64.7 Å². The number of carbonyl (C=O) groups excluding carboxylic acids is 1. The van der Waals surface area contributed by atoms with E-state index in [0.29, 0.717) is 6.54 Å². The van der Waals surface area contributed by atoms with Crippen LogP contribution >= 0.6 is 0 Å². The molecular weight excluding hydrogens is 274 g/mol. The average molecular weight is 295 g/mol. The summed E-state index contributed by atoms with van der Waals surface area (Å²) in [5, 5.41) is 9.21. The first-order chi connectivity index (χ1) is 10.6. The van der Waals surface area contributed by atoms with Gasteiger partial charge >= 0.3 is 0 Å². The van der Waals surface area contributed by atoms with E-state index in [9.17, 15) is 9.90 Å². The Bertz CT molecular complexity index is 691. The molecule has 1 N–H and O–H groups in total. The van der Waals surface area contributed by atoms with Crippen molar-refractivity contribution in [2.75, 3.05) is 11.5 Å². The van der Waals surface area contributed by atoms with Gasteiger partial charge in [0.2, 0.25) is 0 Å². The zero-order valence-electron chi connectivity index (χ0n) is 13.0. The fourth-order valence-corrected chi connectivity index (χ4v) is 2.86. The van der Waals surface area contributed by atoms with Gasteiger partial charge in [-0.15, -0.1) is 0 Å². The number of anilines is 1. The van der Waals surface area contributed by atoms with Crippen LogP contribution in [0.5, 0.6) is 0 Å². The first-order valence-electron chi connectivity index (χ1n) is 7.78. The largest absolute Gasteiger partial charge is 0.396 e. The monoisotopic (exact) mass is 295 g/mol. The zero-order chi connectivity index (χ0) is 15.7. The normalized spacial score (nSPS) is 15.0. The van der Waals surface area contributed by atoms with Gasteiger partial charge in [-0.25, -0.2) is 0 Å². The third-order valence-electron chi connectivity index (χ3n) is 4.43. The summed E-state index contributed by atoms with van der Waals surface area (Å²) in [5.74, 6) is 0.195. The van der Waals surface area contributed by atoms with Crippen molar-refractivity contribution >= 4 is 11.6 Å². The minimum atomic E-state index is 0.0771. The van der Waals surface area contributed by atoms with Crippen molar-refractivity contribution in [2.24, 2.45) is 0 Å². The molecule has 0 fully saturated rings. The van der Waals surface area contributed by atoms with E-state index in [2.05, 4.69) is 19.1 Å². The molecule has 114 valence electrons. The van der Waals surface area contributed by atoms with Crippen molar-refractivity contribution in [3.63, 3.8) is 0 Å². The van der Waals surface area contributed by atoms with Crippen LogP contribution in [0, 0.1) is 0 Å². The van der Waals surface area contributed by atoms with E-state index in [1.807, 2.05) is 42.2 Å². The van der Waals surface area contributed by atoms with Crippen LogP contribution in [0.25, 0.3) is 0 Å². The van der Waals surface area contributed by atoms with Gasteiger partial charge in [-0.05, 0) is 41.3 Å². The highest BCUT2D eigenvalue weighted by molar-refractivity contribution is 6.10. The van der Waals surface area contributed by atoms with Gasteiger partial charge < -0.3 is 10.0 Å². The van der Waals surface area contributed by atoms with Crippen LogP contribution in [0.4, 0.5) is 5.69 Å². The molecule has 0 saturated heterocycles. The molecule has 1 amide bonds. The maximum atomic E-state index is 12.6. The predicted molar refractivity (Wildman–Crippen MR) is 88.3 cm³/mol. The number of nitrogens with zero attached hydrogens (tertiary/aromatic N) is 1. The molecule has 0 saturated carbocycles. The first-order valence-corrected chi connectivity index (χ1v) is 7.78. The van der Waals surface area contributed by atoms with Crippen molar-refractivity contribution in [3.8, 4) is 0 Å². The number of carbonyl (C=O) groups is 1. The lowest BCUT2D eigenvalue weighted by molar-refractivity contribution is 0.0996.